The molecule has 0 aliphatic carbocycles. The van der Waals surface area contributed by atoms with Crippen LogP contribution in [0.4, 0.5) is 17.5 Å². The number of nitrogens with one attached hydrogen (secondary N) is 2. The lowest BCUT2D eigenvalue weighted by Gasteiger charge is -2.33. The molecule has 3 N–H and O–H groups in total. The number of benzene rings is 2. The van der Waals surface area contributed by atoms with E-state index in [0.717, 1.165) is 55.7 Å². The van der Waals surface area contributed by atoms with E-state index in [1.54, 1.807) is 24.4 Å². The molecule has 0 radical (unpaired) electrons. The summed E-state index contributed by atoms with van der Waals surface area (Å²) in [5, 5.41) is 17.7. The van der Waals surface area contributed by atoms with Crippen molar-refractivity contribution in [3.8, 4) is 0 Å². The van der Waals surface area contributed by atoms with Crippen LogP contribution in [0.25, 0.3) is 21.8 Å². The number of hydrogen-bond acceptors (Lipinski definition) is 8. The van der Waals surface area contributed by atoms with Gasteiger partial charge in [0, 0.05) is 48.3 Å². The van der Waals surface area contributed by atoms with Crippen molar-refractivity contribution < 1.29 is 14.6 Å². The number of aromatic nitrogens is 3. The van der Waals surface area contributed by atoms with Gasteiger partial charge in [0.15, 0.2) is 5.82 Å². The highest BCUT2D eigenvalue weighted by atomic mass is 16.5. The Kier molecular flexibility index (Phi) is 6.69. The van der Waals surface area contributed by atoms with E-state index >= 15 is 0 Å². The Morgan fingerprint density at radius 1 is 1.17 bits per heavy atom. The standard InChI is InChI=1S/C26H28N6O3/c1-17-16-35-13-12-32(17)11-5-10-27-26-28-15-21-20-9-8-18(25(33)34)14-22(20)30-24(23(21)31-26)29-19-6-3-2-4-7-19/h2-4,6-9,14-15,17H,5,10-13,16H2,1H3,(H,29,30)(H,33,34)(H,27,28,31)/t17-/m0/s1. The first-order valence-corrected chi connectivity index (χ1v) is 11.8. The van der Waals surface area contributed by atoms with Gasteiger partial charge in [-0.3, -0.25) is 4.90 Å². The third-order valence-corrected chi connectivity index (χ3v) is 6.23. The molecule has 35 heavy (non-hydrogen) atoms. The number of carbonyl (C=O) groups is 1. The predicted molar refractivity (Wildman–Crippen MR) is 136 cm³/mol. The van der Waals surface area contributed by atoms with Crippen LogP contribution in [-0.4, -0.2) is 69.8 Å². The molecule has 1 aliphatic heterocycles. The third-order valence-electron chi connectivity index (χ3n) is 6.23. The molecule has 9 nitrogen and oxygen atoms in total. The molecular weight excluding hydrogens is 444 g/mol. The Labute approximate surface area is 203 Å². The minimum absolute atomic E-state index is 0.184. The van der Waals surface area contributed by atoms with Crippen molar-refractivity contribution in [1.29, 1.82) is 0 Å². The Morgan fingerprint density at radius 3 is 2.83 bits per heavy atom. The number of anilines is 3. The first-order valence-electron chi connectivity index (χ1n) is 11.8. The van der Waals surface area contributed by atoms with E-state index in [1.165, 1.54) is 0 Å². The van der Waals surface area contributed by atoms with Gasteiger partial charge in [-0.25, -0.2) is 19.7 Å². The number of fused-ring (bicyclic) bond motifs is 3. The van der Waals surface area contributed by atoms with Gasteiger partial charge in [-0.2, -0.15) is 0 Å². The van der Waals surface area contributed by atoms with Gasteiger partial charge in [0.1, 0.15) is 5.52 Å². The van der Waals surface area contributed by atoms with Crippen LogP contribution in [0.5, 0.6) is 0 Å². The van der Waals surface area contributed by atoms with Crippen LogP contribution in [-0.2, 0) is 4.74 Å². The first kappa shape index (κ1) is 22.9. The highest BCUT2D eigenvalue weighted by Crippen LogP contribution is 2.30. The quantitative estimate of drug-likeness (QED) is 0.257. The summed E-state index contributed by atoms with van der Waals surface area (Å²) in [6.07, 6.45) is 2.74. The summed E-state index contributed by atoms with van der Waals surface area (Å²) in [6.45, 7) is 6.47. The van der Waals surface area contributed by atoms with Gasteiger partial charge in [-0.1, -0.05) is 24.3 Å². The molecular formula is C26H28N6O3. The van der Waals surface area contributed by atoms with E-state index in [4.69, 9.17) is 14.7 Å². The Bertz CT molecular complexity index is 1350. The van der Waals surface area contributed by atoms with Crippen LogP contribution >= 0.6 is 0 Å². The summed E-state index contributed by atoms with van der Waals surface area (Å²) in [4.78, 5) is 28.0. The summed E-state index contributed by atoms with van der Waals surface area (Å²) in [7, 11) is 0. The zero-order valence-electron chi connectivity index (χ0n) is 19.6. The van der Waals surface area contributed by atoms with Gasteiger partial charge in [0.25, 0.3) is 0 Å². The largest absolute Gasteiger partial charge is 0.478 e. The molecule has 3 heterocycles. The summed E-state index contributed by atoms with van der Waals surface area (Å²) in [5.74, 6) is 0.0920. The molecule has 180 valence electrons. The van der Waals surface area contributed by atoms with Crippen molar-refractivity contribution in [2.75, 3.05) is 43.5 Å². The number of para-hydroxylation sites is 1. The highest BCUT2D eigenvalue weighted by Gasteiger charge is 2.18. The average Bonchev–Trinajstić information content (AvgIpc) is 2.88. The Hall–Kier alpha value is -3.82. The minimum atomic E-state index is -0.992. The van der Waals surface area contributed by atoms with E-state index < -0.39 is 5.97 Å². The zero-order valence-corrected chi connectivity index (χ0v) is 19.6. The molecule has 1 aliphatic rings. The Balaban J connectivity index is 1.42. The van der Waals surface area contributed by atoms with Crippen molar-refractivity contribution in [3.05, 3.63) is 60.3 Å². The predicted octanol–water partition coefficient (Wildman–Crippen LogP) is 4.14. The molecule has 1 fully saturated rings. The molecule has 2 aromatic carbocycles. The van der Waals surface area contributed by atoms with Crippen LogP contribution < -0.4 is 10.6 Å². The first-order chi connectivity index (χ1) is 17.1. The van der Waals surface area contributed by atoms with Gasteiger partial charge in [0.2, 0.25) is 5.95 Å². The molecule has 1 saturated heterocycles. The fourth-order valence-corrected chi connectivity index (χ4v) is 4.32. The maximum absolute atomic E-state index is 11.5. The summed E-state index contributed by atoms with van der Waals surface area (Å²) in [5.41, 5.74) is 2.29. The second-order valence-corrected chi connectivity index (χ2v) is 8.68. The molecule has 0 unspecified atom stereocenters. The summed E-state index contributed by atoms with van der Waals surface area (Å²) < 4.78 is 5.51. The molecule has 0 bridgehead atoms. The normalized spacial score (nSPS) is 16.4. The van der Waals surface area contributed by atoms with Gasteiger partial charge in [0.05, 0.1) is 24.3 Å². The number of rotatable bonds is 8. The van der Waals surface area contributed by atoms with Crippen molar-refractivity contribution >= 4 is 45.2 Å². The van der Waals surface area contributed by atoms with Crippen LogP contribution in [0.15, 0.2) is 54.7 Å². The summed E-state index contributed by atoms with van der Waals surface area (Å²) in [6, 6.07) is 15.1. The van der Waals surface area contributed by atoms with Crippen molar-refractivity contribution in [2.45, 2.75) is 19.4 Å². The number of ether oxygens (including phenoxy) is 1. The van der Waals surface area contributed by atoms with Gasteiger partial charge in [-0.05, 0) is 37.6 Å². The second-order valence-electron chi connectivity index (χ2n) is 8.68. The average molecular weight is 473 g/mol. The minimum Gasteiger partial charge on any atom is -0.478 e. The number of pyridine rings is 1. The number of carboxylic acids is 1. The molecule has 9 heteroatoms. The van der Waals surface area contributed by atoms with Crippen LogP contribution in [0, 0.1) is 0 Å². The molecule has 5 rings (SSSR count). The van der Waals surface area contributed by atoms with E-state index in [-0.39, 0.29) is 5.56 Å². The van der Waals surface area contributed by atoms with E-state index in [2.05, 4.69) is 27.4 Å². The summed E-state index contributed by atoms with van der Waals surface area (Å²) >= 11 is 0. The lowest BCUT2D eigenvalue weighted by molar-refractivity contribution is -0.000251. The van der Waals surface area contributed by atoms with Gasteiger partial charge < -0.3 is 20.5 Å². The van der Waals surface area contributed by atoms with E-state index in [0.29, 0.717) is 28.8 Å². The number of morpholine rings is 1. The third kappa shape index (κ3) is 5.16. The van der Waals surface area contributed by atoms with Gasteiger partial charge in [-0.15, -0.1) is 0 Å². The fourth-order valence-electron chi connectivity index (χ4n) is 4.32. The lowest BCUT2D eigenvalue weighted by Crippen LogP contribution is -2.44. The maximum atomic E-state index is 11.5. The topological polar surface area (TPSA) is 113 Å². The highest BCUT2D eigenvalue weighted by molar-refractivity contribution is 6.10. The molecule has 1 atom stereocenters. The molecule has 4 aromatic rings. The van der Waals surface area contributed by atoms with Crippen LogP contribution in [0.1, 0.15) is 23.7 Å². The lowest BCUT2D eigenvalue weighted by atomic mass is 10.1. The van der Waals surface area contributed by atoms with E-state index in [9.17, 15) is 9.90 Å². The van der Waals surface area contributed by atoms with Crippen molar-refractivity contribution in [2.24, 2.45) is 0 Å². The second kappa shape index (κ2) is 10.2. The number of hydrogen-bond donors (Lipinski definition) is 3. The van der Waals surface area contributed by atoms with Crippen molar-refractivity contribution in [1.82, 2.24) is 19.9 Å². The molecule has 2 aromatic heterocycles. The number of aromatic carboxylic acids is 1. The number of carboxylic acid groups (broad SMARTS) is 1. The Morgan fingerprint density at radius 2 is 2.03 bits per heavy atom. The zero-order chi connectivity index (χ0) is 24.2. The van der Waals surface area contributed by atoms with Gasteiger partial charge >= 0.3 is 5.97 Å². The molecule has 0 amide bonds. The smallest absolute Gasteiger partial charge is 0.335 e. The van der Waals surface area contributed by atoms with Crippen molar-refractivity contribution in [3.63, 3.8) is 0 Å². The fraction of sp³-hybridized carbons (Fsp3) is 0.308. The number of nitrogens with zero attached hydrogens (tertiary/aromatic N) is 4. The van der Waals surface area contributed by atoms with Crippen LogP contribution in [0.2, 0.25) is 0 Å². The SMILES string of the molecule is C[C@H]1COCCN1CCCNc1ncc2c(n1)c(Nc1ccccc1)nc1cc(C(=O)O)ccc12. The maximum Gasteiger partial charge on any atom is 0.335 e. The van der Waals surface area contributed by atoms with E-state index in [1.807, 2.05) is 30.3 Å². The monoisotopic (exact) mass is 472 g/mol. The van der Waals surface area contributed by atoms with Crippen LogP contribution in [0.3, 0.4) is 0 Å². The molecule has 0 saturated carbocycles. The molecule has 0 spiro atoms.